The van der Waals surface area contributed by atoms with Crippen molar-refractivity contribution >= 4 is 5.91 Å². The lowest BCUT2D eigenvalue weighted by Gasteiger charge is -2.36. The van der Waals surface area contributed by atoms with Crippen LogP contribution in [0.5, 0.6) is 0 Å². The fourth-order valence-corrected chi connectivity index (χ4v) is 4.73. The molecule has 6 nitrogen and oxygen atoms in total. The zero-order valence-electron chi connectivity index (χ0n) is 15.2. The van der Waals surface area contributed by atoms with Crippen molar-refractivity contribution in [1.82, 2.24) is 15.1 Å². The first-order valence-electron chi connectivity index (χ1n) is 10.2. The number of nitrogens with zero attached hydrogens (tertiary/aromatic N) is 3. The molecule has 3 atom stereocenters. The molecule has 1 aromatic heterocycles. The molecular formula is C20H27N3O3. The van der Waals surface area contributed by atoms with Crippen molar-refractivity contribution in [1.29, 1.82) is 0 Å². The topological polar surface area (TPSA) is 68.5 Å². The van der Waals surface area contributed by atoms with Crippen LogP contribution in [0.4, 0.5) is 0 Å². The maximum atomic E-state index is 12.8. The van der Waals surface area contributed by atoms with Gasteiger partial charge in [0.15, 0.2) is 0 Å². The average molecular weight is 357 g/mol. The Hall–Kier alpha value is -1.69. The zero-order chi connectivity index (χ0) is 17.5. The van der Waals surface area contributed by atoms with Gasteiger partial charge < -0.3 is 14.1 Å². The van der Waals surface area contributed by atoms with Gasteiger partial charge in [0.25, 0.3) is 0 Å². The van der Waals surface area contributed by atoms with E-state index in [2.05, 4.69) is 21.2 Å². The highest BCUT2D eigenvalue weighted by atomic mass is 16.5. The zero-order valence-corrected chi connectivity index (χ0v) is 15.2. The van der Waals surface area contributed by atoms with Gasteiger partial charge >= 0.3 is 0 Å². The van der Waals surface area contributed by atoms with Crippen LogP contribution in [0, 0.1) is 11.8 Å². The summed E-state index contributed by atoms with van der Waals surface area (Å²) in [4.78, 5) is 14.8. The van der Waals surface area contributed by atoms with Crippen LogP contribution in [0.1, 0.15) is 62.6 Å². The minimum Gasteiger partial charge on any atom is -0.425 e. The predicted molar refractivity (Wildman–Crippen MR) is 94.4 cm³/mol. The summed E-state index contributed by atoms with van der Waals surface area (Å²) >= 11 is 0. The number of rotatable bonds is 4. The van der Waals surface area contributed by atoms with E-state index in [4.69, 9.17) is 9.15 Å². The Morgan fingerprint density at radius 3 is 2.96 bits per heavy atom. The minimum absolute atomic E-state index is 0.152. The van der Waals surface area contributed by atoms with E-state index in [1.807, 2.05) is 0 Å². The first kappa shape index (κ1) is 16.5. The minimum atomic E-state index is 0.152. The molecule has 4 aliphatic rings. The van der Waals surface area contributed by atoms with E-state index in [-0.39, 0.29) is 12.0 Å². The number of likely N-dealkylation sites (tertiary alicyclic amines) is 1. The Labute approximate surface area is 154 Å². The quantitative estimate of drug-likeness (QED) is 0.829. The van der Waals surface area contributed by atoms with Crippen LogP contribution in [-0.2, 0) is 16.0 Å². The van der Waals surface area contributed by atoms with E-state index in [1.165, 1.54) is 19.3 Å². The third-order valence-electron chi connectivity index (χ3n) is 6.43. The molecular weight excluding hydrogens is 330 g/mol. The molecule has 1 saturated carbocycles. The number of piperidine rings is 1. The lowest BCUT2D eigenvalue weighted by Crippen LogP contribution is -2.45. The van der Waals surface area contributed by atoms with Gasteiger partial charge in [0, 0.05) is 30.5 Å². The van der Waals surface area contributed by atoms with E-state index < -0.39 is 0 Å². The molecule has 2 aliphatic carbocycles. The molecule has 0 aromatic carbocycles. The smallest absolute Gasteiger partial charge is 0.249 e. The molecule has 0 unspecified atom stereocenters. The summed E-state index contributed by atoms with van der Waals surface area (Å²) in [6.07, 6.45) is 10.7. The van der Waals surface area contributed by atoms with Crippen LogP contribution in [-0.4, -0.2) is 46.8 Å². The molecule has 0 bridgehead atoms. The highest BCUT2D eigenvalue weighted by Gasteiger charge is 2.43. The number of aromatic nitrogens is 2. The Kier molecular flexibility index (Phi) is 4.31. The fourth-order valence-electron chi connectivity index (χ4n) is 4.73. The van der Waals surface area contributed by atoms with Crippen molar-refractivity contribution in [3.8, 4) is 0 Å². The van der Waals surface area contributed by atoms with Crippen molar-refractivity contribution in [2.45, 2.75) is 63.4 Å². The molecule has 3 heterocycles. The van der Waals surface area contributed by atoms with E-state index in [0.717, 1.165) is 56.8 Å². The third-order valence-corrected chi connectivity index (χ3v) is 6.43. The normalized spacial score (nSPS) is 31.6. The molecule has 1 amide bonds. The van der Waals surface area contributed by atoms with Gasteiger partial charge in [0.2, 0.25) is 17.7 Å². The third kappa shape index (κ3) is 3.20. The van der Waals surface area contributed by atoms with E-state index in [9.17, 15) is 4.79 Å². The molecule has 6 heteroatoms. The maximum absolute atomic E-state index is 12.8. The summed E-state index contributed by atoms with van der Waals surface area (Å²) in [7, 11) is 0. The summed E-state index contributed by atoms with van der Waals surface area (Å²) < 4.78 is 11.9. The summed E-state index contributed by atoms with van der Waals surface area (Å²) in [6.45, 7) is 2.41. The number of ether oxygens (including phenoxy) is 1. The number of hydrogen-bond donors (Lipinski definition) is 0. The molecule has 0 radical (unpaired) electrons. The number of carbonyl (C=O) groups is 1. The van der Waals surface area contributed by atoms with Gasteiger partial charge in [-0.3, -0.25) is 4.79 Å². The van der Waals surface area contributed by atoms with Crippen LogP contribution in [0.2, 0.25) is 0 Å². The summed E-state index contributed by atoms with van der Waals surface area (Å²) in [5.74, 6) is 3.21. The molecule has 26 heavy (non-hydrogen) atoms. The molecule has 1 aromatic rings. The van der Waals surface area contributed by atoms with Crippen molar-refractivity contribution in [2.75, 3.05) is 19.7 Å². The number of carbonyl (C=O) groups excluding carboxylic acids is 1. The number of amides is 1. The van der Waals surface area contributed by atoms with Crippen molar-refractivity contribution in [3.63, 3.8) is 0 Å². The van der Waals surface area contributed by atoms with Crippen LogP contribution in [0.25, 0.3) is 0 Å². The molecule has 2 aliphatic heterocycles. The van der Waals surface area contributed by atoms with Gasteiger partial charge in [-0.1, -0.05) is 6.08 Å². The van der Waals surface area contributed by atoms with Gasteiger partial charge in [0.05, 0.1) is 19.1 Å². The lowest BCUT2D eigenvalue weighted by molar-refractivity contribution is -0.129. The Balaban J connectivity index is 1.19. The van der Waals surface area contributed by atoms with Gasteiger partial charge in [-0.25, -0.2) is 0 Å². The van der Waals surface area contributed by atoms with Crippen LogP contribution >= 0.6 is 0 Å². The highest BCUT2D eigenvalue weighted by Crippen LogP contribution is 2.40. The summed E-state index contributed by atoms with van der Waals surface area (Å²) in [5.41, 5.74) is 1.03. The van der Waals surface area contributed by atoms with Crippen LogP contribution < -0.4 is 0 Å². The second kappa shape index (κ2) is 6.80. The van der Waals surface area contributed by atoms with Gasteiger partial charge in [-0.15, -0.1) is 10.2 Å². The first-order valence-corrected chi connectivity index (χ1v) is 10.2. The van der Waals surface area contributed by atoms with Crippen molar-refractivity contribution < 1.29 is 13.9 Å². The average Bonchev–Trinajstić information content (AvgIpc) is 3.31. The number of fused-ring (bicyclic) bond motifs is 1. The lowest BCUT2D eigenvalue weighted by atomic mass is 9.83. The Morgan fingerprint density at radius 1 is 1.23 bits per heavy atom. The standard InChI is InChI=1S/C20H27N3O3/c24-20(14-4-2-1-3-5-14)23-9-8-16-15(11-23)12-25-17(16)10-18-21-22-19(26-18)13-6-7-13/h4,13,15-17H,1-3,5-12H2/t15-,16-,17-/m1/s1. The second-order valence-corrected chi connectivity index (χ2v) is 8.32. The van der Waals surface area contributed by atoms with Crippen LogP contribution in [0.15, 0.2) is 16.1 Å². The SMILES string of the molecule is O=C(C1=CCCCC1)N1CC[C@@H]2[C@@H](CO[C@@H]2Cc2nnc(C3CC3)o2)C1. The van der Waals surface area contributed by atoms with E-state index in [0.29, 0.717) is 30.1 Å². The van der Waals surface area contributed by atoms with Gasteiger partial charge in [-0.2, -0.15) is 0 Å². The molecule has 5 rings (SSSR count). The van der Waals surface area contributed by atoms with E-state index in [1.54, 1.807) is 0 Å². The summed E-state index contributed by atoms with van der Waals surface area (Å²) in [5, 5.41) is 8.39. The van der Waals surface area contributed by atoms with Gasteiger partial charge in [0.1, 0.15) is 0 Å². The molecule has 2 saturated heterocycles. The maximum Gasteiger partial charge on any atom is 0.249 e. The number of allylic oxidation sites excluding steroid dienone is 1. The van der Waals surface area contributed by atoms with Crippen molar-refractivity contribution in [3.05, 3.63) is 23.4 Å². The molecule has 0 spiro atoms. The highest BCUT2D eigenvalue weighted by molar-refractivity contribution is 5.93. The molecule has 3 fully saturated rings. The second-order valence-electron chi connectivity index (χ2n) is 8.32. The fraction of sp³-hybridized carbons (Fsp3) is 0.750. The van der Waals surface area contributed by atoms with Crippen LogP contribution in [0.3, 0.4) is 0 Å². The predicted octanol–water partition coefficient (Wildman–Crippen LogP) is 2.85. The molecule has 0 N–H and O–H groups in total. The van der Waals surface area contributed by atoms with E-state index >= 15 is 0 Å². The monoisotopic (exact) mass is 357 g/mol. The molecule has 140 valence electrons. The first-order chi connectivity index (χ1) is 12.8. The Morgan fingerprint density at radius 2 is 2.15 bits per heavy atom. The Bertz CT molecular complexity index is 709. The van der Waals surface area contributed by atoms with Gasteiger partial charge in [-0.05, 0) is 50.9 Å². The van der Waals surface area contributed by atoms with Crippen molar-refractivity contribution in [2.24, 2.45) is 11.8 Å². The number of hydrogen-bond acceptors (Lipinski definition) is 5. The summed E-state index contributed by atoms with van der Waals surface area (Å²) in [6, 6.07) is 0. The largest absolute Gasteiger partial charge is 0.425 e.